The number of hydrogen-bond donors (Lipinski definition) is 2. The Morgan fingerprint density at radius 1 is 1.29 bits per heavy atom. The minimum atomic E-state index is -0.408. The third-order valence-corrected chi connectivity index (χ3v) is 4.30. The van der Waals surface area contributed by atoms with Crippen molar-refractivity contribution in [2.75, 3.05) is 0 Å². The highest BCUT2D eigenvalue weighted by Crippen LogP contribution is 2.27. The maximum Gasteiger partial charge on any atom is 0.134 e. The fourth-order valence-corrected chi connectivity index (χ4v) is 2.35. The van der Waals surface area contributed by atoms with Crippen LogP contribution in [-0.4, -0.2) is 16.7 Å². The molecule has 0 aliphatic carbocycles. The van der Waals surface area contributed by atoms with Gasteiger partial charge in [-0.05, 0) is 33.3 Å². The highest BCUT2D eigenvalue weighted by molar-refractivity contribution is 5.82. The maximum atomic E-state index is 9.85. The molecule has 1 unspecified atom stereocenters. The fraction of sp³-hybridized carbons (Fsp3) is 0.556. The third-order valence-electron chi connectivity index (χ3n) is 4.30. The van der Waals surface area contributed by atoms with Crippen molar-refractivity contribution in [3.05, 3.63) is 35.6 Å². The van der Waals surface area contributed by atoms with Crippen LogP contribution in [0.3, 0.4) is 0 Å². The van der Waals surface area contributed by atoms with Crippen molar-refractivity contribution in [1.29, 1.82) is 0 Å². The zero-order valence-electron chi connectivity index (χ0n) is 13.6. The molecule has 3 nitrogen and oxygen atoms in total. The number of furan rings is 1. The van der Waals surface area contributed by atoms with E-state index in [-0.39, 0.29) is 5.54 Å². The Morgan fingerprint density at radius 3 is 2.67 bits per heavy atom. The summed E-state index contributed by atoms with van der Waals surface area (Å²) in [6, 6.07) is 8.19. The van der Waals surface area contributed by atoms with Crippen LogP contribution < -0.4 is 5.32 Å². The van der Waals surface area contributed by atoms with E-state index in [1.165, 1.54) is 10.9 Å². The molecule has 0 amide bonds. The van der Waals surface area contributed by atoms with Gasteiger partial charge >= 0.3 is 0 Å². The quantitative estimate of drug-likeness (QED) is 0.809. The molecule has 1 heterocycles. The molecule has 0 spiro atoms. The van der Waals surface area contributed by atoms with E-state index in [1.54, 1.807) is 0 Å². The molecular weight excluding hydrogens is 262 g/mol. The highest BCUT2D eigenvalue weighted by atomic mass is 16.3. The Hall–Kier alpha value is -1.32. The second kappa shape index (κ2) is 6.63. The van der Waals surface area contributed by atoms with E-state index in [0.717, 1.165) is 30.6 Å². The first kappa shape index (κ1) is 16.1. The summed E-state index contributed by atoms with van der Waals surface area (Å²) in [7, 11) is 0. The average molecular weight is 289 g/mol. The number of hydrogen-bond acceptors (Lipinski definition) is 3. The smallest absolute Gasteiger partial charge is 0.134 e. The maximum absolute atomic E-state index is 9.85. The summed E-state index contributed by atoms with van der Waals surface area (Å²) in [6.45, 7) is 8.76. The molecule has 0 saturated heterocycles. The standard InChI is InChI=1S/C18H27NO2/c1-5-6-10-17-15(12-19-18(3,4)13(2)20)14-9-7-8-11-16(14)21-17/h7-9,11,13,19-20H,5-6,10,12H2,1-4H3. The summed E-state index contributed by atoms with van der Waals surface area (Å²) in [5.41, 5.74) is 1.86. The first-order chi connectivity index (χ1) is 9.95. The van der Waals surface area contributed by atoms with Crippen molar-refractivity contribution in [1.82, 2.24) is 5.32 Å². The zero-order valence-corrected chi connectivity index (χ0v) is 13.6. The van der Waals surface area contributed by atoms with Crippen molar-refractivity contribution in [3.8, 4) is 0 Å². The van der Waals surface area contributed by atoms with Crippen molar-refractivity contribution >= 4 is 11.0 Å². The van der Waals surface area contributed by atoms with Gasteiger partial charge in [0.1, 0.15) is 11.3 Å². The van der Waals surface area contributed by atoms with Crippen LogP contribution in [0.25, 0.3) is 11.0 Å². The van der Waals surface area contributed by atoms with Crippen LogP contribution in [-0.2, 0) is 13.0 Å². The summed E-state index contributed by atoms with van der Waals surface area (Å²) in [6.07, 6.45) is 2.85. The van der Waals surface area contributed by atoms with Crippen molar-refractivity contribution < 1.29 is 9.52 Å². The molecule has 3 heteroatoms. The number of unbranched alkanes of at least 4 members (excludes halogenated alkanes) is 1. The number of nitrogens with one attached hydrogen (secondary N) is 1. The number of benzene rings is 1. The second-order valence-electron chi connectivity index (χ2n) is 6.35. The van der Waals surface area contributed by atoms with E-state index >= 15 is 0 Å². The molecule has 0 radical (unpaired) electrons. The van der Waals surface area contributed by atoms with Crippen LogP contribution in [0, 0.1) is 0 Å². The molecule has 2 N–H and O–H groups in total. The number of para-hydroxylation sites is 1. The van der Waals surface area contributed by atoms with Crippen LogP contribution in [0.1, 0.15) is 51.9 Å². The molecule has 0 fully saturated rings. The summed E-state index contributed by atoms with van der Waals surface area (Å²) in [4.78, 5) is 0. The third kappa shape index (κ3) is 3.66. The SMILES string of the molecule is CCCCc1oc2ccccc2c1CNC(C)(C)C(C)O. The Balaban J connectivity index is 2.27. The van der Waals surface area contributed by atoms with Crippen LogP contribution >= 0.6 is 0 Å². The van der Waals surface area contributed by atoms with Crippen molar-refractivity contribution in [2.45, 2.75) is 65.1 Å². The van der Waals surface area contributed by atoms with Crippen LogP contribution in [0.15, 0.2) is 28.7 Å². The normalized spacial score (nSPS) is 13.8. The molecular formula is C18H27NO2. The number of aryl methyl sites for hydroxylation is 1. The number of rotatable bonds is 7. The van der Waals surface area contributed by atoms with E-state index in [2.05, 4.69) is 18.3 Å². The van der Waals surface area contributed by atoms with Gasteiger partial charge in [-0.3, -0.25) is 0 Å². The molecule has 0 bridgehead atoms. The number of fused-ring (bicyclic) bond motifs is 1. The molecule has 1 atom stereocenters. The molecule has 0 aliphatic heterocycles. The lowest BCUT2D eigenvalue weighted by molar-refractivity contribution is 0.0956. The molecule has 1 aromatic heterocycles. The Bertz CT molecular complexity index is 584. The van der Waals surface area contributed by atoms with Gasteiger partial charge in [0.25, 0.3) is 0 Å². The summed E-state index contributed by atoms with van der Waals surface area (Å²) >= 11 is 0. The Morgan fingerprint density at radius 2 is 2.00 bits per heavy atom. The van der Waals surface area contributed by atoms with Crippen LogP contribution in [0.2, 0.25) is 0 Å². The van der Waals surface area contributed by atoms with Gasteiger partial charge < -0.3 is 14.8 Å². The summed E-state index contributed by atoms with van der Waals surface area (Å²) < 4.78 is 6.02. The van der Waals surface area contributed by atoms with Crippen LogP contribution in [0.5, 0.6) is 0 Å². The van der Waals surface area contributed by atoms with Crippen LogP contribution in [0.4, 0.5) is 0 Å². The van der Waals surface area contributed by atoms with Gasteiger partial charge in [-0.2, -0.15) is 0 Å². The lowest BCUT2D eigenvalue weighted by Gasteiger charge is -2.29. The number of aliphatic hydroxyl groups is 1. The van der Waals surface area contributed by atoms with Gasteiger partial charge in [-0.15, -0.1) is 0 Å². The topological polar surface area (TPSA) is 45.4 Å². The minimum Gasteiger partial charge on any atom is -0.461 e. The second-order valence-corrected chi connectivity index (χ2v) is 6.35. The molecule has 2 rings (SSSR count). The molecule has 0 aliphatic rings. The van der Waals surface area contributed by atoms with Gasteiger partial charge in [0.15, 0.2) is 0 Å². The monoisotopic (exact) mass is 289 g/mol. The van der Waals surface area contributed by atoms with Gasteiger partial charge in [0.05, 0.1) is 6.10 Å². The van der Waals surface area contributed by atoms with Crippen molar-refractivity contribution in [3.63, 3.8) is 0 Å². The molecule has 0 saturated carbocycles. The molecule has 1 aromatic carbocycles. The minimum absolute atomic E-state index is 0.319. The van der Waals surface area contributed by atoms with E-state index < -0.39 is 6.10 Å². The van der Waals surface area contributed by atoms with E-state index in [4.69, 9.17) is 4.42 Å². The zero-order chi connectivity index (χ0) is 15.5. The Kier molecular flexibility index (Phi) is 5.07. The van der Waals surface area contributed by atoms with Crippen molar-refractivity contribution in [2.24, 2.45) is 0 Å². The van der Waals surface area contributed by atoms with E-state index in [9.17, 15) is 5.11 Å². The van der Waals surface area contributed by atoms with Gasteiger partial charge in [0.2, 0.25) is 0 Å². The largest absolute Gasteiger partial charge is 0.461 e. The molecule has 21 heavy (non-hydrogen) atoms. The van der Waals surface area contributed by atoms with E-state index in [1.807, 2.05) is 39.0 Å². The first-order valence-corrected chi connectivity index (χ1v) is 7.88. The summed E-state index contributed by atoms with van der Waals surface area (Å²) in [5.74, 6) is 1.08. The number of aliphatic hydroxyl groups excluding tert-OH is 1. The average Bonchev–Trinajstić information content (AvgIpc) is 2.80. The predicted molar refractivity (Wildman–Crippen MR) is 87.4 cm³/mol. The highest BCUT2D eigenvalue weighted by Gasteiger charge is 2.24. The summed E-state index contributed by atoms with van der Waals surface area (Å²) in [5, 5.41) is 14.5. The molecule has 116 valence electrons. The lowest BCUT2D eigenvalue weighted by Crippen LogP contribution is -2.47. The Labute approximate surface area is 127 Å². The van der Waals surface area contributed by atoms with E-state index in [0.29, 0.717) is 6.54 Å². The predicted octanol–water partition coefficient (Wildman–Crippen LogP) is 4.02. The first-order valence-electron chi connectivity index (χ1n) is 7.88. The van der Waals surface area contributed by atoms with Gasteiger partial charge in [-0.25, -0.2) is 0 Å². The lowest BCUT2D eigenvalue weighted by atomic mass is 9.97. The van der Waals surface area contributed by atoms with Gasteiger partial charge in [-0.1, -0.05) is 31.5 Å². The fourth-order valence-electron chi connectivity index (χ4n) is 2.35. The van der Waals surface area contributed by atoms with Gasteiger partial charge in [0, 0.05) is 29.5 Å². The molecule has 2 aromatic rings.